The van der Waals surface area contributed by atoms with E-state index in [2.05, 4.69) is 15.3 Å². The van der Waals surface area contributed by atoms with Gasteiger partial charge >= 0.3 is 7.12 Å². The van der Waals surface area contributed by atoms with Gasteiger partial charge in [0.1, 0.15) is 11.3 Å². The van der Waals surface area contributed by atoms with Crippen LogP contribution in [-0.2, 0) is 9.31 Å². The first-order chi connectivity index (χ1) is 14.2. The fourth-order valence-corrected chi connectivity index (χ4v) is 3.75. The number of aromatic nitrogens is 2. The standard InChI is InChI=1S/C22H25BClN3O3/c1-21(2)22(3,4)30-23(29-21)17-11-15(13-8-7-9-14(24)10-13)16-12-26-20(25-5)27-18(16)19(17)28-6/h7-12H,1-6H3,(H,25,26,27). The molecule has 0 atom stereocenters. The van der Waals surface area contributed by atoms with Crippen molar-refractivity contribution < 1.29 is 14.0 Å². The lowest BCUT2D eigenvalue weighted by Crippen LogP contribution is -2.41. The Bertz CT molecular complexity index is 1100. The Morgan fingerprint density at radius 2 is 1.80 bits per heavy atom. The second-order valence-electron chi connectivity index (χ2n) is 8.35. The number of nitrogens with zero attached hydrogens (tertiary/aromatic N) is 2. The van der Waals surface area contributed by atoms with Crippen molar-refractivity contribution in [3.05, 3.63) is 41.6 Å². The van der Waals surface area contributed by atoms with Gasteiger partial charge in [0.15, 0.2) is 0 Å². The van der Waals surface area contributed by atoms with Crippen LogP contribution in [0, 0.1) is 0 Å². The van der Waals surface area contributed by atoms with E-state index in [-0.39, 0.29) is 0 Å². The van der Waals surface area contributed by atoms with Gasteiger partial charge in [0.2, 0.25) is 5.95 Å². The zero-order chi connectivity index (χ0) is 21.7. The molecular weight excluding hydrogens is 401 g/mol. The van der Waals surface area contributed by atoms with Gasteiger partial charge in [-0.15, -0.1) is 0 Å². The summed E-state index contributed by atoms with van der Waals surface area (Å²) in [5.74, 6) is 1.11. The molecule has 1 N–H and O–H groups in total. The lowest BCUT2D eigenvalue weighted by Gasteiger charge is -2.32. The van der Waals surface area contributed by atoms with Crippen LogP contribution in [0.4, 0.5) is 5.95 Å². The average molecular weight is 426 g/mol. The van der Waals surface area contributed by atoms with Crippen LogP contribution < -0.4 is 15.5 Å². The van der Waals surface area contributed by atoms with Crippen LogP contribution in [0.1, 0.15) is 27.7 Å². The molecule has 2 aromatic carbocycles. The maximum Gasteiger partial charge on any atom is 0.498 e. The van der Waals surface area contributed by atoms with Crippen LogP contribution in [0.3, 0.4) is 0 Å². The molecular formula is C22H25BClN3O3. The molecule has 0 amide bonds. The molecule has 4 rings (SSSR count). The molecule has 2 heterocycles. The van der Waals surface area contributed by atoms with Gasteiger partial charge in [-0.3, -0.25) is 0 Å². The van der Waals surface area contributed by atoms with Crippen molar-refractivity contribution in [2.75, 3.05) is 19.5 Å². The Kier molecular flexibility index (Phi) is 5.17. The van der Waals surface area contributed by atoms with Crippen LogP contribution in [0.2, 0.25) is 5.02 Å². The lowest BCUT2D eigenvalue weighted by molar-refractivity contribution is 0.00578. The van der Waals surface area contributed by atoms with Gasteiger partial charge in [-0.25, -0.2) is 9.97 Å². The van der Waals surface area contributed by atoms with Crippen LogP contribution >= 0.6 is 11.6 Å². The summed E-state index contributed by atoms with van der Waals surface area (Å²) in [4.78, 5) is 9.10. The number of benzene rings is 2. The maximum atomic E-state index is 6.33. The third kappa shape index (κ3) is 3.41. The van der Waals surface area contributed by atoms with Crippen molar-refractivity contribution in [3.8, 4) is 16.9 Å². The molecule has 6 nitrogen and oxygen atoms in total. The Balaban J connectivity index is 2.00. The quantitative estimate of drug-likeness (QED) is 0.629. The van der Waals surface area contributed by atoms with E-state index in [0.717, 1.165) is 22.0 Å². The van der Waals surface area contributed by atoms with Crippen LogP contribution in [0.25, 0.3) is 22.0 Å². The minimum absolute atomic E-state index is 0.477. The summed E-state index contributed by atoms with van der Waals surface area (Å²) >= 11 is 6.28. The minimum Gasteiger partial charge on any atom is -0.495 e. The summed E-state index contributed by atoms with van der Waals surface area (Å²) in [7, 11) is 2.81. The van der Waals surface area contributed by atoms with Crippen LogP contribution in [0.15, 0.2) is 36.5 Å². The van der Waals surface area contributed by atoms with Gasteiger partial charge in [-0.2, -0.15) is 0 Å². The molecule has 1 aliphatic rings. The fourth-order valence-electron chi connectivity index (χ4n) is 3.56. The zero-order valence-corrected chi connectivity index (χ0v) is 18.8. The summed E-state index contributed by atoms with van der Waals surface area (Å²) in [6, 6.07) is 9.72. The maximum absolute atomic E-state index is 6.33. The van der Waals surface area contributed by atoms with E-state index in [4.69, 9.17) is 25.6 Å². The molecule has 1 aromatic heterocycles. The third-order valence-electron chi connectivity index (χ3n) is 5.93. The average Bonchev–Trinajstić information content (AvgIpc) is 2.93. The summed E-state index contributed by atoms with van der Waals surface area (Å²) in [5, 5.41) is 4.50. The molecule has 30 heavy (non-hydrogen) atoms. The molecule has 0 spiro atoms. The first kappa shape index (κ1) is 20.9. The van der Waals surface area contributed by atoms with Gasteiger partial charge < -0.3 is 19.4 Å². The molecule has 3 aromatic rings. The van der Waals surface area contributed by atoms with Crippen molar-refractivity contribution in [3.63, 3.8) is 0 Å². The molecule has 0 unspecified atom stereocenters. The van der Waals surface area contributed by atoms with Crippen molar-refractivity contribution >= 4 is 41.0 Å². The molecule has 1 saturated heterocycles. The Morgan fingerprint density at radius 3 is 2.40 bits per heavy atom. The lowest BCUT2D eigenvalue weighted by atomic mass is 9.76. The molecule has 8 heteroatoms. The topological polar surface area (TPSA) is 65.5 Å². The molecule has 0 radical (unpaired) electrons. The van der Waals surface area contributed by atoms with Gasteiger partial charge in [-0.05, 0) is 51.0 Å². The number of hydrogen-bond donors (Lipinski definition) is 1. The van der Waals surface area contributed by atoms with E-state index in [0.29, 0.717) is 22.2 Å². The summed E-state index contributed by atoms with van der Waals surface area (Å²) in [6.07, 6.45) is 1.79. The highest BCUT2D eigenvalue weighted by Gasteiger charge is 2.52. The number of hydrogen-bond acceptors (Lipinski definition) is 6. The highest BCUT2D eigenvalue weighted by atomic mass is 35.5. The van der Waals surface area contributed by atoms with E-state index < -0.39 is 18.3 Å². The fraction of sp³-hybridized carbons (Fsp3) is 0.364. The van der Waals surface area contributed by atoms with E-state index in [1.165, 1.54) is 0 Å². The van der Waals surface area contributed by atoms with Gasteiger partial charge in [0, 0.05) is 29.1 Å². The number of ether oxygens (including phenoxy) is 1. The SMILES string of the molecule is CNc1ncc2c(-c3cccc(Cl)c3)cc(B3OC(C)(C)C(C)(C)O3)c(OC)c2n1. The summed E-state index contributed by atoms with van der Waals surface area (Å²) < 4.78 is 18.5. The number of fused-ring (bicyclic) bond motifs is 1. The van der Waals surface area contributed by atoms with E-state index in [9.17, 15) is 0 Å². The van der Waals surface area contributed by atoms with Crippen molar-refractivity contribution in [1.82, 2.24) is 9.97 Å². The predicted octanol–water partition coefficient (Wildman–Crippen LogP) is 4.30. The zero-order valence-electron chi connectivity index (χ0n) is 18.0. The predicted molar refractivity (Wildman–Crippen MR) is 122 cm³/mol. The summed E-state index contributed by atoms with van der Waals surface area (Å²) in [6.45, 7) is 8.11. The van der Waals surface area contributed by atoms with Crippen molar-refractivity contribution in [2.24, 2.45) is 0 Å². The highest BCUT2D eigenvalue weighted by Crippen LogP contribution is 2.39. The van der Waals surface area contributed by atoms with Crippen LogP contribution in [0.5, 0.6) is 5.75 Å². The normalized spacial score (nSPS) is 17.4. The van der Waals surface area contributed by atoms with E-state index in [1.54, 1.807) is 20.4 Å². The molecule has 0 aliphatic carbocycles. The van der Waals surface area contributed by atoms with Gasteiger partial charge in [0.25, 0.3) is 0 Å². The molecule has 0 saturated carbocycles. The first-order valence-electron chi connectivity index (χ1n) is 9.84. The number of halogens is 1. The molecule has 1 aliphatic heterocycles. The summed E-state index contributed by atoms with van der Waals surface area (Å²) in [5.41, 5.74) is 2.39. The smallest absolute Gasteiger partial charge is 0.495 e. The van der Waals surface area contributed by atoms with Crippen molar-refractivity contribution in [2.45, 2.75) is 38.9 Å². The number of rotatable bonds is 4. The highest BCUT2D eigenvalue weighted by molar-refractivity contribution is 6.64. The monoisotopic (exact) mass is 425 g/mol. The first-order valence-corrected chi connectivity index (χ1v) is 10.2. The van der Waals surface area contributed by atoms with E-state index in [1.807, 2.05) is 58.0 Å². The number of nitrogens with one attached hydrogen (secondary N) is 1. The van der Waals surface area contributed by atoms with Gasteiger partial charge in [-0.1, -0.05) is 29.8 Å². The molecule has 1 fully saturated rings. The van der Waals surface area contributed by atoms with Crippen LogP contribution in [-0.4, -0.2) is 42.4 Å². The number of methoxy groups -OCH3 is 1. The third-order valence-corrected chi connectivity index (χ3v) is 6.16. The minimum atomic E-state index is -0.597. The Hall–Kier alpha value is -2.35. The number of anilines is 1. The second-order valence-corrected chi connectivity index (χ2v) is 8.79. The Labute approximate surface area is 182 Å². The van der Waals surface area contributed by atoms with Gasteiger partial charge in [0.05, 0.1) is 18.3 Å². The van der Waals surface area contributed by atoms with E-state index >= 15 is 0 Å². The Morgan fingerprint density at radius 1 is 1.10 bits per heavy atom. The van der Waals surface area contributed by atoms with Crippen molar-refractivity contribution in [1.29, 1.82) is 0 Å². The molecule has 156 valence electrons. The second kappa shape index (κ2) is 7.41. The molecule has 0 bridgehead atoms. The largest absolute Gasteiger partial charge is 0.498 e.